The maximum Gasteiger partial charge on any atom is 0.408 e. The summed E-state index contributed by atoms with van der Waals surface area (Å²) in [7, 11) is 1.23. The minimum absolute atomic E-state index is 0.0348. The Balaban J connectivity index is 3.51. The van der Waals surface area contributed by atoms with Crippen LogP contribution in [-0.2, 0) is 23.9 Å². The summed E-state index contributed by atoms with van der Waals surface area (Å²) in [6, 6.07) is 3.59. The van der Waals surface area contributed by atoms with Crippen LogP contribution in [0.4, 0.5) is 4.79 Å². The van der Waals surface area contributed by atoms with Crippen LogP contribution in [0.15, 0.2) is 30.9 Å². The molecule has 0 spiro atoms. The molecule has 0 aromatic heterocycles. The molecular formula is C27H41N3O6. The SMILES string of the molecule is C=CCN(C(=O)C(CC(C)C)NC(=O)OC(C)(C)C)C(C(=O)NCC(=O)OC)c1cc(C)ccc1C. The number of aryl methyl sites for hydroxylation is 2. The van der Waals surface area contributed by atoms with Crippen molar-refractivity contribution >= 4 is 23.9 Å². The van der Waals surface area contributed by atoms with Gasteiger partial charge in [0.25, 0.3) is 0 Å². The average molecular weight is 504 g/mol. The first-order valence-corrected chi connectivity index (χ1v) is 12.0. The first kappa shape index (κ1) is 30.7. The summed E-state index contributed by atoms with van der Waals surface area (Å²) < 4.78 is 10.0. The summed E-state index contributed by atoms with van der Waals surface area (Å²) in [4.78, 5) is 53.0. The first-order valence-electron chi connectivity index (χ1n) is 12.0. The van der Waals surface area contributed by atoms with E-state index in [1.165, 1.54) is 18.1 Å². The van der Waals surface area contributed by atoms with E-state index >= 15 is 0 Å². The third kappa shape index (κ3) is 9.71. The van der Waals surface area contributed by atoms with Gasteiger partial charge in [-0.05, 0) is 58.1 Å². The van der Waals surface area contributed by atoms with Crippen LogP contribution < -0.4 is 10.6 Å². The van der Waals surface area contributed by atoms with Crippen LogP contribution in [0.1, 0.15) is 63.8 Å². The fourth-order valence-corrected chi connectivity index (χ4v) is 3.64. The number of methoxy groups -OCH3 is 1. The Morgan fingerprint density at radius 3 is 2.31 bits per heavy atom. The first-order chi connectivity index (χ1) is 16.7. The van der Waals surface area contributed by atoms with Crippen LogP contribution in [0.5, 0.6) is 0 Å². The fraction of sp³-hybridized carbons (Fsp3) is 0.556. The number of ether oxygens (including phenoxy) is 2. The van der Waals surface area contributed by atoms with Crippen molar-refractivity contribution in [2.45, 2.75) is 72.6 Å². The van der Waals surface area contributed by atoms with E-state index in [1.54, 1.807) is 20.8 Å². The van der Waals surface area contributed by atoms with Crippen LogP contribution in [0.3, 0.4) is 0 Å². The van der Waals surface area contributed by atoms with Crippen molar-refractivity contribution in [3.05, 3.63) is 47.5 Å². The summed E-state index contributed by atoms with van der Waals surface area (Å²) >= 11 is 0. The zero-order valence-corrected chi connectivity index (χ0v) is 22.8. The van der Waals surface area contributed by atoms with Crippen molar-refractivity contribution in [1.29, 1.82) is 0 Å². The van der Waals surface area contributed by atoms with Crippen molar-refractivity contribution in [3.8, 4) is 0 Å². The van der Waals surface area contributed by atoms with Gasteiger partial charge >= 0.3 is 12.1 Å². The van der Waals surface area contributed by atoms with Gasteiger partial charge in [0.2, 0.25) is 11.8 Å². The molecular weight excluding hydrogens is 462 g/mol. The van der Waals surface area contributed by atoms with Gasteiger partial charge in [0.05, 0.1) is 7.11 Å². The topological polar surface area (TPSA) is 114 Å². The molecule has 2 unspecified atom stereocenters. The number of hydrogen-bond donors (Lipinski definition) is 2. The highest BCUT2D eigenvalue weighted by atomic mass is 16.6. The summed E-state index contributed by atoms with van der Waals surface area (Å²) in [5.74, 6) is -1.57. The highest BCUT2D eigenvalue weighted by Gasteiger charge is 2.36. The second-order valence-corrected chi connectivity index (χ2v) is 10.2. The Labute approximate surface area is 214 Å². The van der Waals surface area contributed by atoms with Gasteiger partial charge in [-0.15, -0.1) is 6.58 Å². The van der Waals surface area contributed by atoms with E-state index in [1.807, 2.05) is 45.9 Å². The lowest BCUT2D eigenvalue weighted by Crippen LogP contribution is -2.53. The lowest BCUT2D eigenvalue weighted by molar-refractivity contribution is -0.144. The average Bonchev–Trinajstić information content (AvgIpc) is 2.76. The molecule has 1 aromatic rings. The summed E-state index contributed by atoms with van der Waals surface area (Å²) in [6.07, 6.45) is 1.12. The van der Waals surface area contributed by atoms with E-state index in [9.17, 15) is 19.2 Å². The monoisotopic (exact) mass is 503 g/mol. The Kier molecular flexibility index (Phi) is 11.6. The number of hydrogen-bond acceptors (Lipinski definition) is 6. The molecule has 1 rings (SSSR count). The standard InChI is InChI=1S/C27H41N3O6/c1-10-13-30(25(33)21(14-17(2)3)29-26(34)36-27(6,7)8)23(24(32)28-16-22(31)35-9)20-15-18(4)11-12-19(20)5/h10-12,15,17,21,23H,1,13-14,16H2,2-9H3,(H,28,32)(H,29,34). The van der Waals surface area contributed by atoms with Crippen molar-refractivity contribution < 1.29 is 28.7 Å². The second kappa shape index (κ2) is 13.7. The Hall–Kier alpha value is -3.36. The fourth-order valence-electron chi connectivity index (χ4n) is 3.64. The number of esters is 1. The molecule has 2 atom stereocenters. The molecule has 0 aliphatic rings. The predicted molar refractivity (Wildman–Crippen MR) is 138 cm³/mol. The Morgan fingerprint density at radius 2 is 1.78 bits per heavy atom. The van der Waals surface area contributed by atoms with Crippen LogP contribution in [0.25, 0.3) is 0 Å². The van der Waals surface area contributed by atoms with Gasteiger partial charge in [-0.3, -0.25) is 14.4 Å². The number of amides is 3. The maximum absolute atomic E-state index is 13.9. The molecule has 1 aromatic carbocycles. The second-order valence-electron chi connectivity index (χ2n) is 10.2. The van der Waals surface area contributed by atoms with Crippen molar-refractivity contribution in [2.75, 3.05) is 20.2 Å². The van der Waals surface area contributed by atoms with E-state index in [2.05, 4.69) is 21.9 Å². The number of nitrogens with one attached hydrogen (secondary N) is 2. The van der Waals surface area contributed by atoms with E-state index in [0.717, 1.165) is 11.1 Å². The van der Waals surface area contributed by atoms with E-state index in [0.29, 0.717) is 12.0 Å². The molecule has 0 radical (unpaired) electrons. The Bertz CT molecular complexity index is 951. The lowest BCUT2D eigenvalue weighted by Gasteiger charge is -2.35. The highest BCUT2D eigenvalue weighted by Crippen LogP contribution is 2.27. The minimum atomic E-state index is -1.07. The third-order valence-corrected chi connectivity index (χ3v) is 5.23. The molecule has 0 fully saturated rings. The summed E-state index contributed by atoms with van der Waals surface area (Å²) in [5.41, 5.74) is 1.55. The largest absolute Gasteiger partial charge is 0.468 e. The van der Waals surface area contributed by atoms with Gasteiger partial charge in [0.15, 0.2) is 0 Å². The van der Waals surface area contributed by atoms with Gasteiger partial charge in [-0.1, -0.05) is 43.7 Å². The van der Waals surface area contributed by atoms with Gasteiger partial charge in [-0.2, -0.15) is 0 Å². The molecule has 9 nitrogen and oxygen atoms in total. The van der Waals surface area contributed by atoms with Crippen LogP contribution in [-0.4, -0.2) is 60.6 Å². The quantitative estimate of drug-likeness (QED) is 0.352. The Morgan fingerprint density at radius 1 is 1.14 bits per heavy atom. The summed E-state index contributed by atoms with van der Waals surface area (Å²) in [6.45, 7) is 16.2. The molecule has 3 amide bonds. The third-order valence-electron chi connectivity index (χ3n) is 5.23. The number of alkyl carbamates (subject to hydrolysis) is 1. The number of benzene rings is 1. The molecule has 0 heterocycles. The van der Waals surface area contributed by atoms with Gasteiger partial charge in [0, 0.05) is 6.54 Å². The molecule has 9 heteroatoms. The number of rotatable bonds is 11. The minimum Gasteiger partial charge on any atom is -0.468 e. The smallest absolute Gasteiger partial charge is 0.408 e. The molecule has 0 aliphatic carbocycles. The molecule has 200 valence electrons. The number of nitrogens with zero attached hydrogens (tertiary/aromatic N) is 1. The molecule has 2 N–H and O–H groups in total. The molecule has 36 heavy (non-hydrogen) atoms. The van der Waals surface area contributed by atoms with Gasteiger partial charge in [0.1, 0.15) is 24.2 Å². The van der Waals surface area contributed by atoms with Gasteiger partial charge in [-0.25, -0.2) is 4.79 Å². The number of carbonyl (C=O) groups is 4. The van der Waals surface area contributed by atoms with Crippen LogP contribution in [0, 0.1) is 19.8 Å². The van der Waals surface area contributed by atoms with E-state index in [-0.39, 0.29) is 19.0 Å². The normalized spacial score (nSPS) is 12.8. The predicted octanol–water partition coefficient (Wildman–Crippen LogP) is 3.59. The van der Waals surface area contributed by atoms with Crippen molar-refractivity contribution in [3.63, 3.8) is 0 Å². The summed E-state index contributed by atoms with van der Waals surface area (Å²) in [5, 5.41) is 5.25. The van der Waals surface area contributed by atoms with Crippen LogP contribution >= 0.6 is 0 Å². The zero-order valence-electron chi connectivity index (χ0n) is 22.8. The van der Waals surface area contributed by atoms with Crippen molar-refractivity contribution in [2.24, 2.45) is 5.92 Å². The van der Waals surface area contributed by atoms with Gasteiger partial charge < -0.3 is 25.0 Å². The highest BCUT2D eigenvalue weighted by molar-refractivity contribution is 5.93. The van der Waals surface area contributed by atoms with Crippen molar-refractivity contribution in [1.82, 2.24) is 15.5 Å². The van der Waals surface area contributed by atoms with Crippen LogP contribution in [0.2, 0.25) is 0 Å². The lowest BCUT2D eigenvalue weighted by atomic mass is 9.95. The molecule has 0 saturated carbocycles. The van der Waals surface area contributed by atoms with E-state index in [4.69, 9.17) is 4.74 Å². The number of carbonyl (C=O) groups excluding carboxylic acids is 4. The molecule has 0 aliphatic heterocycles. The molecule has 0 saturated heterocycles. The van der Waals surface area contributed by atoms with E-state index < -0.39 is 41.6 Å². The molecule has 0 bridgehead atoms. The zero-order chi connectivity index (χ0) is 27.6. The maximum atomic E-state index is 13.9.